The maximum Gasteiger partial charge on any atom is 0.245 e. The highest BCUT2D eigenvalue weighted by atomic mass is 16.5. The van der Waals surface area contributed by atoms with Gasteiger partial charge in [-0.3, -0.25) is 9.59 Å². The first-order chi connectivity index (χ1) is 9.99. The van der Waals surface area contributed by atoms with Gasteiger partial charge in [0.25, 0.3) is 0 Å². The Kier molecular flexibility index (Phi) is 5.58. The van der Waals surface area contributed by atoms with Gasteiger partial charge in [0.1, 0.15) is 6.04 Å². The van der Waals surface area contributed by atoms with Crippen LogP contribution in [0, 0.1) is 0 Å². The standard InChI is InChI=1S/C15H27N3O3/c1-10(2)16-14(19)13-9-21-8-7-18(13)15(20)12-6-4-5-11(3)17-12/h10-13,17H,4-9H2,1-3H3,(H,16,19). The Labute approximate surface area is 126 Å². The van der Waals surface area contributed by atoms with Crippen LogP contribution in [0.15, 0.2) is 0 Å². The Morgan fingerprint density at radius 3 is 2.76 bits per heavy atom. The van der Waals surface area contributed by atoms with E-state index in [1.54, 1.807) is 4.90 Å². The molecule has 0 bridgehead atoms. The van der Waals surface area contributed by atoms with Crippen molar-refractivity contribution in [2.24, 2.45) is 0 Å². The monoisotopic (exact) mass is 297 g/mol. The summed E-state index contributed by atoms with van der Waals surface area (Å²) in [4.78, 5) is 26.7. The van der Waals surface area contributed by atoms with Gasteiger partial charge in [-0.15, -0.1) is 0 Å². The molecule has 21 heavy (non-hydrogen) atoms. The van der Waals surface area contributed by atoms with Gasteiger partial charge in [-0.05, 0) is 40.0 Å². The molecular formula is C15H27N3O3. The van der Waals surface area contributed by atoms with Crippen LogP contribution >= 0.6 is 0 Å². The highest BCUT2D eigenvalue weighted by Gasteiger charge is 2.37. The van der Waals surface area contributed by atoms with Gasteiger partial charge in [-0.2, -0.15) is 0 Å². The summed E-state index contributed by atoms with van der Waals surface area (Å²) in [6.45, 7) is 7.20. The SMILES string of the molecule is CC(C)NC(=O)C1COCCN1C(=O)C1CCCC(C)N1. The summed E-state index contributed by atoms with van der Waals surface area (Å²) in [6.07, 6.45) is 3.00. The molecule has 0 aliphatic carbocycles. The molecule has 2 aliphatic rings. The fourth-order valence-corrected chi connectivity index (χ4v) is 3.00. The fraction of sp³-hybridized carbons (Fsp3) is 0.867. The van der Waals surface area contributed by atoms with E-state index >= 15 is 0 Å². The molecule has 2 heterocycles. The zero-order valence-electron chi connectivity index (χ0n) is 13.2. The van der Waals surface area contributed by atoms with E-state index in [-0.39, 0.29) is 30.5 Å². The number of ether oxygens (including phenoxy) is 1. The van der Waals surface area contributed by atoms with Crippen LogP contribution in [0.4, 0.5) is 0 Å². The second-order valence-electron chi connectivity index (χ2n) is 6.34. The number of piperidine rings is 1. The Bertz CT molecular complexity index is 386. The van der Waals surface area contributed by atoms with Gasteiger partial charge in [0.15, 0.2) is 0 Å². The normalized spacial score (nSPS) is 30.3. The largest absolute Gasteiger partial charge is 0.377 e. The molecule has 0 spiro atoms. The van der Waals surface area contributed by atoms with E-state index < -0.39 is 6.04 Å². The molecule has 2 N–H and O–H groups in total. The smallest absolute Gasteiger partial charge is 0.245 e. The average Bonchev–Trinajstić information content (AvgIpc) is 2.46. The van der Waals surface area contributed by atoms with Crippen molar-refractivity contribution >= 4 is 11.8 Å². The lowest BCUT2D eigenvalue weighted by Crippen LogP contribution is -2.61. The van der Waals surface area contributed by atoms with Crippen LogP contribution in [0.5, 0.6) is 0 Å². The number of hydrogen-bond donors (Lipinski definition) is 2. The van der Waals surface area contributed by atoms with Crippen LogP contribution in [0.2, 0.25) is 0 Å². The Hall–Kier alpha value is -1.14. The van der Waals surface area contributed by atoms with Crippen molar-refractivity contribution in [3.05, 3.63) is 0 Å². The Morgan fingerprint density at radius 2 is 2.10 bits per heavy atom. The van der Waals surface area contributed by atoms with Crippen molar-refractivity contribution in [1.29, 1.82) is 0 Å². The molecule has 120 valence electrons. The molecule has 2 aliphatic heterocycles. The number of amides is 2. The van der Waals surface area contributed by atoms with Gasteiger partial charge in [0, 0.05) is 18.6 Å². The van der Waals surface area contributed by atoms with E-state index in [9.17, 15) is 9.59 Å². The maximum absolute atomic E-state index is 12.7. The minimum atomic E-state index is -0.507. The predicted molar refractivity (Wildman–Crippen MR) is 79.8 cm³/mol. The molecule has 3 unspecified atom stereocenters. The number of hydrogen-bond acceptors (Lipinski definition) is 4. The maximum atomic E-state index is 12.7. The number of rotatable bonds is 3. The minimum absolute atomic E-state index is 0.0359. The van der Waals surface area contributed by atoms with Crippen molar-refractivity contribution in [2.75, 3.05) is 19.8 Å². The number of nitrogens with zero attached hydrogens (tertiary/aromatic N) is 1. The van der Waals surface area contributed by atoms with Gasteiger partial charge < -0.3 is 20.3 Å². The summed E-state index contributed by atoms with van der Waals surface area (Å²) in [5.41, 5.74) is 0. The molecule has 2 rings (SSSR count). The second-order valence-corrected chi connectivity index (χ2v) is 6.34. The molecule has 2 amide bonds. The van der Waals surface area contributed by atoms with Crippen molar-refractivity contribution in [2.45, 2.75) is 64.2 Å². The van der Waals surface area contributed by atoms with Crippen LogP contribution in [0.25, 0.3) is 0 Å². The average molecular weight is 297 g/mol. The summed E-state index contributed by atoms with van der Waals surface area (Å²) in [6, 6.07) is -0.255. The highest BCUT2D eigenvalue weighted by Crippen LogP contribution is 2.17. The third kappa shape index (κ3) is 4.17. The minimum Gasteiger partial charge on any atom is -0.377 e. The first-order valence-corrected chi connectivity index (χ1v) is 7.93. The summed E-state index contributed by atoms with van der Waals surface area (Å²) < 4.78 is 5.40. The fourth-order valence-electron chi connectivity index (χ4n) is 3.00. The molecular weight excluding hydrogens is 270 g/mol. The second kappa shape index (κ2) is 7.22. The Morgan fingerprint density at radius 1 is 1.33 bits per heavy atom. The van der Waals surface area contributed by atoms with Gasteiger partial charge in [-0.25, -0.2) is 0 Å². The van der Waals surface area contributed by atoms with Crippen LogP contribution in [-0.2, 0) is 14.3 Å². The number of morpholine rings is 1. The van der Waals surface area contributed by atoms with Gasteiger partial charge in [0.2, 0.25) is 11.8 Å². The first-order valence-electron chi connectivity index (χ1n) is 7.93. The molecule has 0 aromatic rings. The Balaban J connectivity index is 2.03. The van der Waals surface area contributed by atoms with E-state index in [0.29, 0.717) is 19.2 Å². The van der Waals surface area contributed by atoms with Crippen molar-refractivity contribution in [3.63, 3.8) is 0 Å². The summed E-state index contributed by atoms with van der Waals surface area (Å²) in [7, 11) is 0. The number of carbonyl (C=O) groups excluding carboxylic acids is 2. The molecule has 6 heteroatoms. The van der Waals surface area contributed by atoms with Gasteiger partial charge in [-0.1, -0.05) is 0 Å². The molecule has 0 radical (unpaired) electrons. The number of nitrogens with one attached hydrogen (secondary N) is 2. The third-order valence-electron chi connectivity index (χ3n) is 4.06. The molecule has 6 nitrogen and oxygen atoms in total. The van der Waals surface area contributed by atoms with Crippen molar-refractivity contribution in [3.8, 4) is 0 Å². The zero-order chi connectivity index (χ0) is 15.4. The van der Waals surface area contributed by atoms with E-state index in [0.717, 1.165) is 19.3 Å². The van der Waals surface area contributed by atoms with Crippen LogP contribution in [0.3, 0.4) is 0 Å². The lowest BCUT2D eigenvalue weighted by atomic mass is 9.98. The molecule has 3 atom stereocenters. The third-order valence-corrected chi connectivity index (χ3v) is 4.06. The predicted octanol–water partition coefficient (Wildman–Crippen LogP) is 0.269. The zero-order valence-corrected chi connectivity index (χ0v) is 13.2. The van der Waals surface area contributed by atoms with E-state index in [2.05, 4.69) is 17.6 Å². The van der Waals surface area contributed by atoms with Crippen LogP contribution in [0.1, 0.15) is 40.0 Å². The summed E-state index contributed by atoms with van der Waals surface area (Å²) >= 11 is 0. The molecule has 2 saturated heterocycles. The molecule has 0 aromatic carbocycles. The topological polar surface area (TPSA) is 70.7 Å². The quantitative estimate of drug-likeness (QED) is 0.784. The molecule has 0 saturated carbocycles. The van der Waals surface area contributed by atoms with E-state index in [4.69, 9.17) is 4.74 Å². The van der Waals surface area contributed by atoms with Crippen LogP contribution < -0.4 is 10.6 Å². The van der Waals surface area contributed by atoms with E-state index in [1.165, 1.54) is 0 Å². The molecule has 0 aromatic heterocycles. The van der Waals surface area contributed by atoms with Crippen LogP contribution in [-0.4, -0.2) is 60.6 Å². The molecule has 2 fully saturated rings. The van der Waals surface area contributed by atoms with Gasteiger partial charge >= 0.3 is 0 Å². The first kappa shape index (κ1) is 16.2. The summed E-state index contributed by atoms with van der Waals surface area (Å²) in [5.74, 6) is -0.0873. The highest BCUT2D eigenvalue weighted by molar-refractivity contribution is 5.90. The van der Waals surface area contributed by atoms with Crippen molar-refractivity contribution < 1.29 is 14.3 Å². The lowest BCUT2D eigenvalue weighted by Gasteiger charge is -2.39. The number of carbonyl (C=O) groups is 2. The van der Waals surface area contributed by atoms with E-state index in [1.807, 2.05) is 13.8 Å². The lowest BCUT2D eigenvalue weighted by molar-refractivity contribution is -0.150. The summed E-state index contributed by atoms with van der Waals surface area (Å²) in [5, 5.41) is 6.23. The van der Waals surface area contributed by atoms with Crippen molar-refractivity contribution in [1.82, 2.24) is 15.5 Å². The van der Waals surface area contributed by atoms with Gasteiger partial charge in [0.05, 0.1) is 19.3 Å².